The van der Waals surface area contributed by atoms with Crippen molar-refractivity contribution in [3.63, 3.8) is 0 Å². The van der Waals surface area contributed by atoms with E-state index in [0.29, 0.717) is 16.7 Å². The van der Waals surface area contributed by atoms with Crippen LogP contribution in [0.4, 0.5) is 5.69 Å². The molecule has 1 saturated carbocycles. The third-order valence-corrected chi connectivity index (χ3v) is 5.51. The lowest BCUT2D eigenvalue weighted by molar-refractivity contribution is 0.0742. The molecule has 1 N–H and O–H groups in total. The molecule has 1 amide bonds. The SMILES string of the molecule is CCC.CCN1CC2CC3(CC3)CN2C(=O)c2cc(OC)c(O)cc21.[HH]. The Bertz CT molecular complexity index is 661. The van der Waals surface area contributed by atoms with Crippen molar-refractivity contribution in [2.75, 3.05) is 31.6 Å². The molecule has 1 aliphatic carbocycles. The molecule has 2 aliphatic heterocycles. The van der Waals surface area contributed by atoms with Crippen LogP contribution in [-0.2, 0) is 0 Å². The molecule has 0 aromatic heterocycles. The number of likely N-dealkylation sites (N-methyl/N-ethyl adjacent to an activating group) is 1. The number of aromatic hydroxyl groups is 1. The molecule has 2 heterocycles. The van der Waals surface area contributed by atoms with Crippen LogP contribution in [0.15, 0.2) is 12.1 Å². The summed E-state index contributed by atoms with van der Waals surface area (Å²) in [5.74, 6) is 0.535. The van der Waals surface area contributed by atoms with E-state index in [0.717, 1.165) is 31.7 Å². The highest BCUT2D eigenvalue weighted by molar-refractivity contribution is 6.02. The van der Waals surface area contributed by atoms with E-state index in [1.54, 1.807) is 12.1 Å². The lowest BCUT2D eigenvalue weighted by Crippen LogP contribution is -2.39. The van der Waals surface area contributed by atoms with Gasteiger partial charge in [-0.1, -0.05) is 20.3 Å². The van der Waals surface area contributed by atoms with Gasteiger partial charge in [0.05, 0.1) is 24.4 Å². The predicted molar refractivity (Wildman–Crippen MR) is 102 cm³/mol. The van der Waals surface area contributed by atoms with E-state index in [4.69, 9.17) is 4.74 Å². The zero-order valence-electron chi connectivity index (χ0n) is 15.8. The molecule has 1 spiro atoms. The zero-order valence-corrected chi connectivity index (χ0v) is 15.8. The fourth-order valence-corrected chi connectivity index (χ4v) is 4.07. The monoisotopic (exact) mass is 348 g/mol. The Morgan fingerprint density at radius 1 is 1.32 bits per heavy atom. The third-order valence-electron chi connectivity index (χ3n) is 5.51. The van der Waals surface area contributed by atoms with Gasteiger partial charge in [0, 0.05) is 27.1 Å². The highest BCUT2D eigenvalue weighted by atomic mass is 16.5. The summed E-state index contributed by atoms with van der Waals surface area (Å²) in [4.78, 5) is 17.3. The van der Waals surface area contributed by atoms with Gasteiger partial charge in [-0.2, -0.15) is 0 Å². The molecule has 3 aliphatic rings. The van der Waals surface area contributed by atoms with Gasteiger partial charge < -0.3 is 19.6 Å². The van der Waals surface area contributed by atoms with Crippen LogP contribution in [0.25, 0.3) is 0 Å². The fraction of sp³-hybridized carbons (Fsp3) is 0.650. The first-order valence-electron chi connectivity index (χ1n) is 9.45. The maximum absolute atomic E-state index is 13.0. The number of carbonyl (C=O) groups excluding carboxylic acids is 1. The molecule has 0 bridgehead atoms. The number of carbonyl (C=O) groups is 1. The summed E-state index contributed by atoms with van der Waals surface area (Å²) in [7, 11) is 1.51. The maximum Gasteiger partial charge on any atom is 0.256 e. The minimum absolute atomic E-state index is 0. The van der Waals surface area contributed by atoms with Gasteiger partial charge in [0.2, 0.25) is 0 Å². The molecule has 5 heteroatoms. The topological polar surface area (TPSA) is 53.0 Å². The molecule has 0 radical (unpaired) electrons. The van der Waals surface area contributed by atoms with Crippen molar-refractivity contribution in [3.05, 3.63) is 17.7 Å². The van der Waals surface area contributed by atoms with Crippen LogP contribution < -0.4 is 9.64 Å². The second-order valence-corrected chi connectivity index (χ2v) is 7.58. The summed E-state index contributed by atoms with van der Waals surface area (Å²) >= 11 is 0. The van der Waals surface area contributed by atoms with Gasteiger partial charge in [-0.15, -0.1) is 0 Å². The molecule has 140 valence electrons. The van der Waals surface area contributed by atoms with Gasteiger partial charge in [0.15, 0.2) is 11.5 Å². The summed E-state index contributed by atoms with van der Waals surface area (Å²) in [5, 5.41) is 10.1. The quantitative estimate of drug-likeness (QED) is 0.881. The molecule has 1 aromatic rings. The molecular weight excluding hydrogens is 316 g/mol. The van der Waals surface area contributed by atoms with E-state index in [9.17, 15) is 9.90 Å². The average molecular weight is 348 g/mol. The summed E-state index contributed by atoms with van der Waals surface area (Å²) in [6, 6.07) is 3.65. The standard InChI is InChI=1S/C17H22N2O3.C3H8.H2/c1-3-18-9-11-8-17(4-5-17)10-19(11)16(21)12-6-15(22-2)14(20)7-13(12)18;1-3-2;/h6-7,11,20H,3-5,8-10H2,1-2H3;3H2,1-2H3;1H. The molecule has 25 heavy (non-hydrogen) atoms. The second-order valence-electron chi connectivity index (χ2n) is 7.58. The van der Waals surface area contributed by atoms with E-state index < -0.39 is 0 Å². The van der Waals surface area contributed by atoms with Crippen molar-refractivity contribution in [2.45, 2.75) is 52.5 Å². The predicted octanol–water partition coefficient (Wildman–Crippen LogP) is 3.90. The number of rotatable bonds is 2. The molecule has 5 nitrogen and oxygen atoms in total. The number of amides is 1. The summed E-state index contributed by atoms with van der Waals surface area (Å²) in [5.41, 5.74) is 1.87. The zero-order chi connectivity index (χ0) is 18.2. The first kappa shape index (κ1) is 17.9. The van der Waals surface area contributed by atoms with E-state index in [1.807, 2.05) is 0 Å². The molecule has 1 saturated heterocycles. The Balaban J connectivity index is 0.000000570. The highest BCUT2D eigenvalue weighted by Crippen LogP contribution is 2.56. The first-order chi connectivity index (χ1) is 12.0. The van der Waals surface area contributed by atoms with Crippen molar-refractivity contribution >= 4 is 11.6 Å². The minimum atomic E-state index is 0. The van der Waals surface area contributed by atoms with E-state index >= 15 is 0 Å². The Kier molecular flexibility index (Phi) is 4.85. The average Bonchev–Trinajstić information content (AvgIpc) is 3.26. The van der Waals surface area contributed by atoms with Crippen molar-refractivity contribution in [3.8, 4) is 11.5 Å². The van der Waals surface area contributed by atoms with Gasteiger partial charge >= 0.3 is 0 Å². The van der Waals surface area contributed by atoms with Gasteiger partial charge in [-0.05, 0) is 37.7 Å². The lowest BCUT2D eigenvalue weighted by Gasteiger charge is -2.26. The normalized spacial score (nSPS) is 22.7. The van der Waals surface area contributed by atoms with Crippen LogP contribution in [0.5, 0.6) is 11.5 Å². The van der Waals surface area contributed by atoms with Crippen LogP contribution in [0.1, 0.15) is 58.2 Å². The number of ether oxygens (including phenoxy) is 1. The van der Waals surface area contributed by atoms with Crippen LogP contribution >= 0.6 is 0 Å². The van der Waals surface area contributed by atoms with Crippen molar-refractivity contribution in [1.82, 2.24) is 4.90 Å². The van der Waals surface area contributed by atoms with E-state index in [1.165, 1.54) is 26.4 Å². The number of methoxy groups -OCH3 is 1. The number of phenolic OH excluding ortho intramolecular Hbond substituents is 1. The Hall–Kier alpha value is -1.91. The largest absolute Gasteiger partial charge is 0.504 e. The Labute approximate surface area is 152 Å². The third kappa shape index (κ3) is 3.16. The van der Waals surface area contributed by atoms with E-state index in [-0.39, 0.29) is 19.1 Å². The lowest BCUT2D eigenvalue weighted by atomic mass is 10.0. The molecule has 1 aromatic carbocycles. The maximum atomic E-state index is 13.0. The van der Waals surface area contributed by atoms with E-state index in [2.05, 4.69) is 30.6 Å². The van der Waals surface area contributed by atoms with Crippen molar-refractivity contribution in [2.24, 2.45) is 5.41 Å². The van der Waals surface area contributed by atoms with Gasteiger partial charge in [-0.3, -0.25) is 4.79 Å². The number of nitrogens with zero attached hydrogens (tertiary/aromatic N) is 2. The van der Waals surface area contributed by atoms with Crippen LogP contribution in [0, 0.1) is 5.41 Å². The molecule has 1 unspecified atom stereocenters. The molecule has 2 fully saturated rings. The smallest absolute Gasteiger partial charge is 0.256 e. The minimum Gasteiger partial charge on any atom is -0.504 e. The number of hydrogen-bond acceptors (Lipinski definition) is 4. The highest BCUT2D eigenvalue weighted by Gasteiger charge is 2.54. The fourth-order valence-electron chi connectivity index (χ4n) is 4.07. The molecular formula is C20H32N2O3. The Morgan fingerprint density at radius 3 is 2.56 bits per heavy atom. The number of hydrogen-bond donors (Lipinski definition) is 1. The van der Waals surface area contributed by atoms with Gasteiger partial charge in [0.25, 0.3) is 5.91 Å². The molecule has 1 atom stereocenters. The Morgan fingerprint density at radius 2 is 2.00 bits per heavy atom. The van der Waals surface area contributed by atoms with Gasteiger partial charge in [-0.25, -0.2) is 0 Å². The van der Waals surface area contributed by atoms with Crippen LogP contribution in [0.2, 0.25) is 0 Å². The molecule has 4 rings (SSSR count). The summed E-state index contributed by atoms with van der Waals surface area (Å²) in [6.07, 6.45) is 4.88. The number of benzene rings is 1. The van der Waals surface area contributed by atoms with Crippen LogP contribution in [0.3, 0.4) is 0 Å². The second kappa shape index (κ2) is 6.77. The summed E-state index contributed by atoms with van der Waals surface area (Å²) in [6.45, 7) is 8.90. The summed E-state index contributed by atoms with van der Waals surface area (Å²) < 4.78 is 5.19. The van der Waals surface area contributed by atoms with Crippen molar-refractivity contribution in [1.29, 1.82) is 0 Å². The number of fused-ring (bicyclic) bond motifs is 2. The van der Waals surface area contributed by atoms with Crippen LogP contribution in [-0.4, -0.2) is 48.7 Å². The first-order valence-corrected chi connectivity index (χ1v) is 9.45. The number of phenols is 1. The van der Waals surface area contributed by atoms with Crippen molar-refractivity contribution < 1.29 is 16.1 Å². The van der Waals surface area contributed by atoms with Gasteiger partial charge in [0.1, 0.15) is 0 Å². The number of anilines is 1.